The van der Waals surface area contributed by atoms with Gasteiger partial charge in [0.1, 0.15) is 6.54 Å². The highest BCUT2D eigenvalue weighted by atomic mass is 16.5. The molecule has 1 N–H and O–H groups in total. The first-order valence-electron chi connectivity index (χ1n) is 14.6. The SMILES string of the molecule is CCCN(CC(=O)N(CCc1c[nH]c2ccccc12)Cc1ccc(OC)c(OC)c1)C(=O)c1ccc(C(C)(C)C)cc1. The van der Waals surface area contributed by atoms with Gasteiger partial charge >= 0.3 is 0 Å². The minimum atomic E-state index is -0.131. The van der Waals surface area contributed by atoms with E-state index in [1.54, 1.807) is 19.1 Å². The van der Waals surface area contributed by atoms with Gasteiger partial charge in [0.15, 0.2) is 11.5 Å². The van der Waals surface area contributed by atoms with Crippen molar-refractivity contribution in [3.05, 3.63) is 95.2 Å². The molecule has 0 fully saturated rings. The highest BCUT2D eigenvalue weighted by molar-refractivity contribution is 5.96. The first-order valence-corrected chi connectivity index (χ1v) is 14.6. The third-order valence-electron chi connectivity index (χ3n) is 7.60. The first kappa shape index (κ1) is 30.7. The normalized spacial score (nSPS) is 11.4. The van der Waals surface area contributed by atoms with Crippen molar-refractivity contribution >= 4 is 22.7 Å². The molecule has 7 heteroatoms. The van der Waals surface area contributed by atoms with Gasteiger partial charge in [-0.1, -0.05) is 64.1 Å². The second kappa shape index (κ2) is 13.6. The number of nitrogens with zero attached hydrogens (tertiary/aromatic N) is 2. The summed E-state index contributed by atoms with van der Waals surface area (Å²) in [5.74, 6) is 1.02. The van der Waals surface area contributed by atoms with Crippen molar-refractivity contribution in [1.29, 1.82) is 0 Å². The second-order valence-corrected chi connectivity index (χ2v) is 11.7. The third kappa shape index (κ3) is 7.32. The lowest BCUT2D eigenvalue weighted by Crippen LogP contribution is -2.43. The Labute approximate surface area is 249 Å². The van der Waals surface area contributed by atoms with Crippen LogP contribution in [-0.2, 0) is 23.2 Å². The number of rotatable bonds is 12. The number of aromatic nitrogens is 1. The zero-order valence-electron chi connectivity index (χ0n) is 25.7. The van der Waals surface area contributed by atoms with Gasteiger partial charge in [0, 0.05) is 42.3 Å². The Bertz CT molecular complexity index is 1500. The maximum absolute atomic E-state index is 13.9. The number of hydrogen-bond acceptors (Lipinski definition) is 4. The first-order chi connectivity index (χ1) is 20.1. The zero-order chi connectivity index (χ0) is 30.3. The number of hydrogen-bond donors (Lipinski definition) is 1. The summed E-state index contributed by atoms with van der Waals surface area (Å²) < 4.78 is 10.9. The highest BCUT2D eigenvalue weighted by Crippen LogP contribution is 2.28. The average molecular weight is 570 g/mol. The van der Waals surface area contributed by atoms with Crippen LogP contribution in [0.15, 0.2) is 72.9 Å². The number of aromatic amines is 1. The minimum absolute atomic E-state index is 0.00389. The number of amides is 2. The summed E-state index contributed by atoms with van der Waals surface area (Å²) in [4.78, 5) is 34.3. The van der Waals surface area contributed by atoms with E-state index < -0.39 is 0 Å². The summed E-state index contributed by atoms with van der Waals surface area (Å²) >= 11 is 0. The van der Waals surface area contributed by atoms with Gasteiger partial charge in [0.2, 0.25) is 5.91 Å². The van der Waals surface area contributed by atoms with E-state index in [9.17, 15) is 9.59 Å². The maximum Gasteiger partial charge on any atom is 0.254 e. The van der Waals surface area contributed by atoms with Gasteiger partial charge in [-0.05, 0) is 65.3 Å². The van der Waals surface area contributed by atoms with Gasteiger partial charge in [-0.15, -0.1) is 0 Å². The highest BCUT2D eigenvalue weighted by Gasteiger charge is 2.23. The Kier molecular flexibility index (Phi) is 9.94. The molecule has 222 valence electrons. The number of carbonyl (C=O) groups is 2. The monoisotopic (exact) mass is 569 g/mol. The molecule has 42 heavy (non-hydrogen) atoms. The van der Waals surface area contributed by atoms with E-state index in [0.717, 1.165) is 34.0 Å². The van der Waals surface area contributed by atoms with Gasteiger partial charge in [0.25, 0.3) is 5.91 Å². The summed E-state index contributed by atoms with van der Waals surface area (Å²) in [5.41, 5.74) is 4.89. The largest absolute Gasteiger partial charge is 0.493 e. The Balaban J connectivity index is 1.57. The van der Waals surface area contributed by atoms with Gasteiger partial charge in [-0.25, -0.2) is 0 Å². The smallest absolute Gasteiger partial charge is 0.254 e. The molecule has 1 aromatic heterocycles. The molecule has 4 aromatic rings. The van der Waals surface area contributed by atoms with E-state index in [1.165, 1.54) is 0 Å². The summed E-state index contributed by atoms with van der Waals surface area (Å²) in [6.45, 7) is 9.86. The van der Waals surface area contributed by atoms with Crippen LogP contribution < -0.4 is 9.47 Å². The van der Waals surface area contributed by atoms with Crippen LogP contribution >= 0.6 is 0 Å². The molecule has 0 aliphatic heterocycles. The molecule has 7 nitrogen and oxygen atoms in total. The van der Waals surface area contributed by atoms with Crippen molar-refractivity contribution in [2.75, 3.05) is 33.9 Å². The van der Waals surface area contributed by atoms with Crippen molar-refractivity contribution in [2.45, 2.75) is 52.5 Å². The van der Waals surface area contributed by atoms with E-state index in [0.29, 0.717) is 43.1 Å². The Morgan fingerprint density at radius 1 is 0.857 bits per heavy atom. The molecule has 4 rings (SSSR count). The lowest BCUT2D eigenvalue weighted by molar-refractivity contribution is -0.132. The van der Waals surface area contributed by atoms with Crippen LogP contribution in [0.1, 0.15) is 61.2 Å². The van der Waals surface area contributed by atoms with E-state index in [2.05, 4.69) is 31.8 Å². The van der Waals surface area contributed by atoms with Crippen molar-refractivity contribution < 1.29 is 19.1 Å². The van der Waals surface area contributed by atoms with Crippen molar-refractivity contribution in [3.8, 4) is 11.5 Å². The number of H-pyrrole nitrogens is 1. The molecule has 0 spiro atoms. The van der Waals surface area contributed by atoms with Gasteiger partial charge in [-0.3, -0.25) is 9.59 Å². The van der Waals surface area contributed by atoms with Crippen LogP contribution in [0, 0.1) is 0 Å². The van der Waals surface area contributed by atoms with Crippen LogP contribution in [0.5, 0.6) is 11.5 Å². The number of nitrogens with one attached hydrogen (secondary N) is 1. The maximum atomic E-state index is 13.9. The molecule has 0 bridgehead atoms. The molecule has 0 atom stereocenters. The Morgan fingerprint density at radius 2 is 1.57 bits per heavy atom. The molecule has 1 heterocycles. The van der Waals surface area contributed by atoms with Crippen molar-refractivity contribution in [3.63, 3.8) is 0 Å². The Morgan fingerprint density at radius 3 is 2.24 bits per heavy atom. The van der Waals surface area contributed by atoms with Crippen molar-refractivity contribution in [1.82, 2.24) is 14.8 Å². The molecule has 0 unspecified atom stereocenters. The van der Waals surface area contributed by atoms with Crippen LogP contribution in [0.3, 0.4) is 0 Å². The number of fused-ring (bicyclic) bond motifs is 1. The van der Waals surface area contributed by atoms with Crippen LogP contribution in [0.4, 0.5) is 0 Å². The van der Waals surface area contributed by atoms with Gasteiger partial charge in [0.05, 0.1) is 14.2 Å². The summed E-state index contributed by atoms with van der Waals surface area (Å²) in [6.07, 6.45) is 3.45. The second-order valence-electron chi connectivity index (χ2n) is 11.7. The fourth-order valence-corrected chi connectivity index (χ4v) is 5.17. The van der Waals surface area contributed by atoms with Gasteiger partial charge in [-0.2, -0.15) is 0 Å². The summed E-state index contributed by atoms with van der Waals surface area (Å²) in [5, 5.41) is 1.15. The minimum Gasteiger partial charge on any atom is -0.493 e. The van der Waals surface area contributed by atoms with Crippen molar-refractivity contribution in [2.24, 2.45) is 0 Å². The standard InChI is InChI=1S/C35H43N3O4/c1-7-19-38(34(40)26-13-15-28(16-14-26)35(2,3)4)24-33(39)37(23-25-12-17-31(41-5)32(21-25)42-6)20-18-27-22-36-30-11-9-8-10-29(27)30/h8-17,21-22,36H,7,18-20,23-24H2,1-6H3. The van der Waals surface area contributed by atoms with Gasteiger partial charge < -0.3 is 24.3 Å². The molecule has 0 aliphatic carbocycles. The predicted octanol–water partition coefficient (Wildman–Crippen LogP) is 6.61. The van der Waals surface area contributed by atoms with E-state index in [-0.39, 0.29) is 23.8 Å². The van der Waals surface area contributed by atoms with Crippen LogP contribution in [-0.4, -0.2) is 60.5 Å². The third-order valence-corrected chi connectivity index (χ3v) is 7.60. The molecular formula is C35H43N3O4. The lowest BCUT2D eigenvalue weighted by Gasteiger charge is -2.28. The summed E-state index contributed by atoms with van der Waals surface area (Å²) in [6, 6.07) is 21.6. The molecule has 0 saturated carbocycles. The van der Waals surface area contributed by atoms with E-state index in [1.807, 2.05) is 78.7 Å². The van der Waals surface area contributed by atoms with E-state index >= 15 is 0 Å². The molecular weight excluding hydrogens is 526 g/mol. The average Bonchev–Trinajstić information content (AvgIpc) is 3.41. The lowest BCUT2D eigenvalue weighted by atomic mass is 9.86. The molecule has 3 aromatic carbocycles. The fraction of sp³-hybridized carbons (Fsp3) is 0.371. The number of methoxy groups -OCH3 is 2. The number of ether oxygens (including phenoxy) is 2. The number of para-hydroxylation sites is 1. The quantitative estimate of drug-likeness (QED) is 0.208. The fourth-order valence-electron chi connectivity index (χ4n) is 5.17. The topological polar surface area (TPSA) is 74.9 Å². The van der Waals surface area contributed by atoms with Crippen LogP contribution in [0.25, 0.3) is 10.9 Å². The zero-order valence-corrected chi connectivity index (χ0v) is 25.7. The molecule has 0 aliphatic rings. The van der Waals surface area contributed by atoms with Crippen LogP contribution in [0.2, 0.25) is 0 Å². The summed E-state index contributed by atoms with van der Waals surface area (Å²) in [7, 11) is 3.20. The number of carbonyl (C=O) groups excluding carboxylic acids is 2. The predicted molar refractivity (Wildman–Crippen MR) is 168 cm³/mol. The van der Waals surface area contributed by atoms with E-state index in [4.69, 9.17) is 9.47 Å². The Hall–Kier alpha value is -4.26. The molecule has 0 saturated heterocycles. The molecule has 2 amide bonds. The molecule has 0 radical (unpaired) electrons. The number of benzene rings is 3.